The van der Waals surface area contributed by atoms with Gasteiger partial charge in [-0.15, -0.1) is 5.10 Å². The van der Waals surface area contributed by atoms with Crippen molar-refractivity contribution in [3.8, 4) is 0 Å². The molecule has 0 fully saturated rings. The first-order valence-electron chi connectivity index (χ1n) is 10.6. The van der Waals surface area contributed by atoms with E-state index in [4.69, 9.17) is 0 Å². The monoisotopic (exact) mass is 446 g/mol. The van der Waals surface area contributed by atoms with Crippen LogP contribution in [0.5, 0.6) is 0 Å². The van der Waals surface area contributed by atoms with E-state index in [0.29, 0.717) is 29.9 Å². The summed E-state index contributed by atoms with van der Waals surface area (Å²) in [4.78, 5) is 22.4. The summed E-state index contributed by atoms with van der Waals surface area (Å²) < 4.78 is 39.9. The molecule has 10 heteroatoms. The summed E-state index contributed by atoms with van der Waals surface area (Å²) in [7, 11) is 0. The number of aromatic nitrogens is 4. The Morgan fingerprint density at radius 3 is 2.72 bits per heavy atom. The van der Waals surface area contributed by atoms with Crippen molar-refractivity contribution in [1.82, 2.24) is 24.9 Å². The minimum absolute atomic E-state index is 0.0970. The maximum atomic E-state index is 12.9. The molecule has 0 saturated heterocycles. The molecule has 3 heterocycles. The van der Waals surface area contributed by atoms with Crippen molar-refractivity contribution >= 4 is 17.4 Å². The highest BCUT2D eigenvalue weighted by molar-refractivity contribution is 5.76. The van der Waals surface area contributed by atoms with Crippen LogP contribution in [0.1, 0.15) is 41.7 Å². The van der Waals surface area contributed by atoms with Gasteiger partial charge in [0.05, 0.1) is 0 Å². The van der Waals surface area contributed by atoms with Crippen molar-refractivity contribution in [2.24, 2.45) is 0 Å². The highest BCUT2D eigenvalue weighted by atomic mass is 19.4. The van der Waals surface area contributed by atoms with Crippen LogP contribution < -0.4 is 10.2 Å². The molecule has 32 heavy (non-hydrogen) atoms. The SMILES string of the molecule is Cc1nc2nc(C(F)(F)F)nn2c(C)c1CCC(=O)NCC(C)N1CCc2ccccc21. The molecule has 0 aliphatic carbocycles. The predicted molar refractivity (Wildman–Crippen MR) is 114 cm³/mol. The number of nitrogens with zero attached hydrogens (tertiary/aromatic N) is 5. The van der Waals surface area contributed by atoms with Gasteiger partial charge in [0.15, 0.2) is 0 Å². The van der Waals surface area contributed by atoms with Crippen LogP contribution in [0.15, 0.2) is 24.3 Å². The summed E-state index contributed by atoms with van der Waals surface area (Å²) in [6.07, 6.45) is -3.07. The number of amides is 1. The Morgan fingerprint density at radius 2 is 1.97 bits per heavy atom. The molecule has 4 rings (SSSR count). The molecule has 1 atom stereocenters. The van der Waals surface area contributed by atoms with Gasteiger partial charge in [0.2, 0.25) is 5.91 Å². The zero-order valence-corrected chi connectivity index (χ0v) is 18.2. The van der Waals surface area contributed by atoms with E-state index in [0.717, 1.165) is 17.5 Å². The quantitative estimate of drug-likeness (QED) is 0.629. The lowest BCUT2D eigenvalue weighted by Crippen LogP contribution is -2.41. The summed E-state index contributed by atoms with van der Waals surface area (Å²) in [6.45, 7) is 6.89. The Labute approximate surface area is 183 Å². The third-order valence-corrected chi connectivity index (χ3v) is 5.95. The van der Waals surface area contributed by atoms with Crippen molar-refractivity contribution in [1.29, 1.82) is 0 Å². The second-order valence-electron chi connectivity index (χ2n) is 8.13. The van der Waals surface area contributed by atoms with Gasteiger partial charge in [0, 0.05) is 42.6 Å². The Bertz CT molecular complexity index is 1160. The maximum absolute atomic E-state index is 12.9. The van der Waals surface area contributed by atoms with E-state index in [1.807, 2.05) is 12.1 Å². The van der Waals surface area contributed by atoms with Crippen LogP contribution in [-0.2, 0) is 23.8 Å². The highest BCUT2D eigenvalue weighted by Crippen LogP contribution is 2.29. The van der Waals surface area contributed by atoms with Gasteiger partial charge in [-0.05, 0) is 50.8 Å². The zero-order chi connectivity index (χ0) is 23.0. The highest BCUT2D eigenvalue weighted by Gasteiger charge is 2.37. The van der Waals surface area contributed by atoms with Crippen LogP contribution in [-0.4, -0.2) is 44.6 Å². The predicted octanol–water partition coefficient (Wildman–Crippen LogP) is 3.26. The molecular formula is C22H25F3N6O. The number of anilines is 1. The van der Waals surface area contributed by atoms with Crippen LogP contribution in [0.25, 0.3) is 5.78 Å². The average molecular weight is 446 g/mol. The number of hydrogen-bond acceptors (Lipinski definition) is 5. The Hall–Kier alpha value is -3.17. The zero-order valence-electron chi connectivity index (χ0n) is 18.2. The fraction of sp³-hybridized carbons (Fsp3) is 0.455. The minimum Gasteiger partial charge on any atom is -0.366 e. The topological polar surface area (TPSA) is 75.4 Å². The summed E-state index contributed by atoms with van der Waals surface area (Å²) >= 11 is 0. The number of alkyl halides is 3. The van der Waals surface area contributed by atoms with Gasteiger partial charge in [0.25, 0.3) is 11.6 Å². The van der Waals surface area contributed by atoms with Crippen molar-refractivity contribution < 1.29 is 18.0 Å². The molecule has 1 unspecified atom stereocenters. The van der Waals surface area contributed by atoms with E-state index >= 15 is 0 Å². The molecule has 0 spiro atoms. The molecule has 170 valence electrons. The maximum Gasteiger partial charge on any atom is 0.453 e. The van der Waals surface area contributed by atoms with E-state index in [2.05, 4.69) is 44.3 Å². The fourth-order valence-corrected chi connectivity index (χ4v) is 4.21. The number of halogens is 3. The van der Waals surface area contributed by atoms with E-state index in [1.165, 1.54) is 11.3 Å². The molecule has 1 aliphatic heterocycles. The summed E-state index contributed by atoms with van der Waals surface area (Å²) in [5, 5.41) is 6.52. The lowest BCUT2D eigenvalue weighted by molar-refractivity contribution is -0.144. The summed E-state index contributed by atoms with van der Waals surface area (Å²) in [6, 6.07) is 8.44. The van der Waals surface area contributed by atoms with Crippen molar-refractivity contribution in [3.05, 3.63) is 52.6 Å². The van der Waals surface area contributed by atoms with Crippen LogP contribution in [0.4, 0.5) is 18.9 Å². The van der Waals surface area contributed by atoms with E-state index in [-0.39, 0.29) is 24.1 Å². The number of para-hydroxylation sites is 1. The third kappa shape index (κ3) is 4.26. The normalized spacial score (nSPS) is 14.6. The molecule has 3 aromatic rings. The number of aryl methyl sites for hydroxylation is 2. The number of hydrogen-bond donors (Lipinski definition) is 1. The van der Waals surface area contributed by atoms with Gasteiger partial charge < -0.3 is 10.2 Å². The lowest BCUT2D eigenvalue weighted by Gasteiger charge is -2.27. The molecule has 1 amide bonds. The van der Waals surface area contributed by atoms with Crippen LogP contribution in [0.2, 0.25) is 0 Å². The Morgan fingerprint density at radius 1 is 1.22 bits per heavy atom. The number of fused-ring (bicyclic) bond motifs is 2. The van der Waals surface area contributed by atoms with Crippen molar-refractivity contribution in [2.45, 2.75) is 52.3 Å². The fourth-order valence-electron chi connectivity index (χ4n) is 4.21. The Balaban J connectivity index is 1.38. The number of rotatable bonds is 6. The van der Waals surface area contributed by atoms with Gasteiger partial charge >= 0.3 is 6.18 Å². The van der Waals surface area contributed by atoms with Gasteiger partial charge in [0.1, 0.15) is 0 Å². The van der Waals surface area contributed by atoms with Gasteiger partial charge in [-0.3, -0.25) is 4.79 Å². The lowest BCUT2D eigenvalue weighted by atomic mass is 10.1. The molecule has 0 bridgehead atoms. The molecule has 1 aliphatic rings. The first-order valence-corrected chi connectivity index (χ1v) is 10.6. The standard InChI is InChI=1S/C22H25F3N6O/c1-13(30-11-10-16-6-4-5-7-18(16)30)12-26-19(32)9-8-17-14(2)27-21-28-20(22(23,24)25)29-31(21)15(17)3/h4-7,13H,8-12H2,1-3H3,(H,26,32). The third-order valence-electron chi connectivity index (χ3n) is 5.95. The largest absolute Gasteiger partial charge is 0.453 e. The van der Waals surface area contributed by atoms with Crippen molar-refractivity contribution in [3.63, 3.8) is 0 Å². The number of benzene rings is 1. The van der Waals surface area contributed by atoms with Crippen LogP contribution in [0.3, 0.4) is 0 Å². The van der Waals surface area contributed by atoms with Crippen LogP contribution >= 0.6 is 0 Å². The average Bonchev–Trinajstić information content (AvgIpc) is 3.36. The second kappa shape index (κ2) is 8.40. The molecule has 2 aromatic heterocycles. The number of carbonyl (C=O) groups excluding carboxylic acids is 1. The van der Waals surface area contributed by atoms with Crippen molar-refractivity contribution in [2.75, 3.05) is 18.0 Å². The Kier molecular flexibility index (Phi) is 5.79. The van der Waals surface area contributed by atoms with E-state index in [1.54, 1.807) is 13.8 Å². The minimum atomic E-state index is -4.64. The second-order valence-corrected chi connectivity index (χ2v) is 8.13. The molecule has 0 radical (unpaired) electrons. The van der Waals surface area contributed by atoms with E-state index in [9.17, 15) is 18.0 Å². The van der Waals surface area contributed by atoms with E-state index < -0.39 is 12.0 Å². The number of nitrogens with one attached hydrogen (secondary N) is 1. The van der Waals surface area contributed by atoms with Gasteiger partial charge in [-0.2, -0.15) is 18.2 Å². The van der Waals surface area contributed by atoms with Crippen LogP contribution in [0, 0.1) is 13.8 Å². The number of carbonyl (C=O) groups is 1. The smallest absolute Gasteiger partial charge is 0.366 e. The molecular weight excluding hydrogens is 421 g/mol. The molecule has 0 saturated carbocycles. The summed E-state index contributed by atoms with van der Waals surface area (Å²) in [5.74, 6) is -1.43. The first-order chi connectivity index (χ1) is 15.1. The first kappa shape index (κ1) is 22.0. The molecule has 7 nitrogen and oxygen atoms in total. The van der Waals surface area contributed by atoms with Gasteiger partial charge in [-0.1, -0.05) is 18.2 Å². The van der Waals surface area contributed by atoms with Gasteiger partial charge in [-0.25, -0.2) is 9.50 Å². The molecule has 1 N–H and O–H groups in total. The molecule has 1 aromatic carbocycles. The summed E-state index contributed by atoms with van der Waals surface area (Å²) in [5.41, 5.74) is 4.29.